The van der Waals surface area contributed by atoms with E-state index in [0.717, 1.165) is 23.0 Å². The topological polar surface area (TPSA) is 96.4 Å². The van der Waals surface area contributed by atoms with Crippen molar-refractivity contribution >= 4 is 43.3 Å². The molecule has 0 amide bonds. The molecule has 2 N–H and O–H groups in total. The summed E-state index contributed by atoms with van der Waals surface area (Å²) in [6, 6.07) is 4.75. The molecule has 21 heavy (non-hydrogen) atoms. The van der Waals surface area contributed by atoms with E-state index in [9.17, 15) is 13.2 Å². The largest absolute Gasteiger partial charge is 0.477 e. The number of carboxylic acids is 1. The minimum atomic E-state index is -3.74. The SMILES string of the molecule is O=C(O)c1cc(S(=O)(=O)NCCc2ccncc2)c(Br)s1. The fourth-order valence-electron chi connectivity index (χ4n) is 1.60. The van der Waals surface area contributed by atoms with Crippen LogP contribution in [0.25, 0.3) is 0 Å². The van der Waals surface area contributed by atoms with Crippen LogP contribution in [0.1, 0.15) is 15.2 Å². The van der Waals surface area contributed by atoms with Crippen molar-refractivity contribution in [2.24, 2.45) is 0 Å². The predicted octanol–water partition coefficient (Wildman–Crippen LogP) is 2.12. The number of aromatic carboxylic acids is 1. The van der Waals surface area contributed by atoms with Crippen LogP contribution in [-0.4, -0.2) is 31.0 Å². The van der Waals surface area contributed by atoms with Crippen molar-refractivity contribution < 1.29 is 18.3 Å². The van der Waals surface area contributed by atoms with Gasteiger partial charge in [-0.2, -0.15) is 0 Å². The van der Waals surface area contributed by atoms with Gasteiger partial charge >= 0.3 is 5.97 Å². The summed E-state index contributed by atoms with van der Waals surface area (Å²) in [5.41, 5.74) is 0.961. The smallest absolute Gasteiger partial charge is 0.345 e. The first kappa shape index (κ1) is 16.1. The van der Waals surface area contributed by atoms with Gasteiger partial charge in [0.25, 0.3) is 0 Å². The third kappa shape index (κ3) is 4.10. The predicted molar refractivity (Wildman–Crippen MR) is 82.1 cm³/mol. The van der Waals surface area contributed by atoms with Crippen molar-refractivity contribution in [1.29, 1.82) is 0 Å². The maximum absolute atomic E-state index is 12.1. The van der Waals surface area contributed by atoms with E-state index in [-0.39, 0.29) is 20.1 Å². The van der Waals surface area contributed by atoms with Gasteiger partial charge in [0.1, 0.15) is 9.77 Å². The first-order valence-electron chi connectivity index (χ1n) is 5.81. The summed E-state index contributed by atoms with van der Waals surface area (Å²) in [6.45, 7) is 0.219. The van der Waals surface area contributed by atoms with Crippen LogP contribution in [-0.2, 0) is 16.4 Å². The Labute approximate surface area is 134 Å². The van der Waals surface area contributed by atoms with E-state index >= 15 is 0 Å². The Morgan fingerprint density at radius 2 is 2.05 bits per heavy atom. The summed E-state index contributed by atoms with van der Waals surface area (Å²) in [5, 5.41) is 8.88. The number of rotatable bonds is 6. The Kier molecular flexibility index (Phi) is 5.09. The average Bonchev–Trinajstić information content (AvgIpc) is 2.83. The summed E-state index contributed by atoms with van der Waals surface area (Å²) in [4.78, 5) is 14.7. The Bertz CT molecular complexity index is 744. The van der Waals surface area contributed by atoms with Crippen LogP contribution in [0.5, 0.6) is 0 Å². The lowest BCUT2D eigenvalue weighted by atomic mass is 10.2. The summed E-state index contributed by atoms with van der Waals surface area (Å²) in [6.07, 6.45) is 3.80. The Morgan fingerprint density at radius 3 is 2.62 bits per heavy atom. The van der Waals surface area contributed by atoms with E-state index in [1.165, 1.54) is 0 Å². The second-order valence-corrected chi connectivity index (χ2v) is 8.16. The molecule has 0 aliphatic rings. The fourth-order valence-corrected chi connectivity index (χ4v) is 5.03. The number of pyridine rings is 1. The number of nitrogens with zero attached hydrogens (tertiary/aromatic N) is 1. The Morgan fingerprint density at radius 1 is 1.38 bits per heavy atom. The van der Waals surface area contributed by atoms with E-state index in [4.69, 9.17) is 5.11 Å². The van der Waals surface area contributed by atoms with Gasteiger partial charge in [-0.05, 0) is 46.1 Å². The third-order valence-electron chi connectivity index (χ3n) is 2.61. The summed E-state index contributed by atoms with van der Waals surface area (Å²) >= 11 is 3.95. The molecule has 2 aromatic heterocycles. The summed E-state index contributed by atoms with van der Waals surface area (Å²) < 4.78 is 27.0. The quantitative estimate of drug-likeness (QED) is 0.787. The van der Waals surface area contributed by atoms with Crippen molar-refractivity contribution in [1.82, 2.24) is 9.71 Å². The van der Waals surface area contributed by atoms with Crippen LogP contribution in [0.2, 0.25) is 0 Å². The monoisotopic (exact) mass is 390 g/mol. The molecule has 0 aliphatic carbocycles. The highest BCUT2D eigenvalue weighted by atomic mass is 79.9. The third-order valence-corrected chi connectivity index (χ3v) is 6.31. The number of carbonyl (C=O) groups is 1. The number of thiophene rings is 1. The van der Waals surface area contributed by atoms with Gasteiger partial charge in [0.05, 0.1) is 3.79 Å². The normalized spacial score (nSPS) is 11.5. The van der Waals surface area contributed by atoms with Crippen LogP contribution in [0, 0.1) is 0 Å². The van der Waals surface area contributed by atoms with Gasteiger partial charge in [0.2, 0.25) is 10.0 Å². The maximum atomic E-state index is 12.1. The molecule has 0 saturated heterocycles. The minimum Gasteiger partial charge on any atom is -0.477 e. The lowest BCUT2D eigenvalue weighted by Crippen LogP contribution is -2.25. The molecule has 0 fully saturated rings. The molecule has 2 heterocycles. The standard InChI is InChI=1S/C12H11BrN2O4S2/c13-11-10(7-9(20-11)12(16)17)21(18,19)15-6-3-8-1-4-14-5-2-8/h1-2,4-5,7,15H,3,6H2,(H,16,17). The molecule has 0 spiro atoms. The zero-order chi connectivity index (χ0) is 15.5. The first-order chi connectivity index (χ1) is 9.90. The molecule has 0 aliphatic heterocycles. The van der Waals surface area contributed by atoms with Crippen LogP contribution in [0.4, 0.5) is 0 Å². The molecular weight excluding hydrogens is 380 g/mol. The van der Waals surface area contributed by atoms with Gasteiger partial charge < -0.3 is 5.11 Å². The number of hydrogen-bond acceptors (Lipinski definition) is 5. The number of nitrogens with one attached hydrogen (secondary N) is 1. The van der Waals surface area contributed by atoms with Crippen molar-refractivity contribution in [2.45, 2.75) is 11.3 Å². The van der Waals surface area contributed by atoms with Crippen LogP contribution < -0.4 is 4.72 Å². The first-order valence-corrected chi connectivity index (χ1v) is 8.90. The number of carboxylic acid groups (broad SMARTS) is 1. The summed E-state index contributed by atoms with van der Waals surface area (Å²) in [7, 11) is -3.74. The van der Waals surface area contributed by atoms with E-state index in [0.29, 0.717) is 6.42 Å². The molecule has 2 rings (SSSR count). The van der Waals surface area contributed by atoms with Gasteiger partial charge in [0.15, 0.2) is 0 Å². The number of halogens is 1. The van der Waals surface area contributed by atoms with Crippen molar-refractivity contribution in [3.05, 3.63) is 44.8 Å². The van der Waals surface area contributed by atoms with Gasteiger partial charge in [-0.3, -0.25) is 4.98 Å². The molecule has 0 aromatic carbocycles. The van der Waals surface area contributed by atoms with E-state index in [2.05, 4.69) is 25.6 Å². The zero-order valence-electron chi connectivity index (χ0n) is 10.6. The van der Waals surface area contributed by atoms with E-state index < -0.39 is 16.0 Å². The van der Waals surface area contributed by atoms with Crippen LogP contribution in [0.3, 0.4) is 0 Å². The molecule has 2 aromatic rings. The highest BCUT2D eigenvalue weighted by molar-refractivity contribution is 9.11. The average molecular weight is 391 g/mol. The van der Waals surface area contributed by atoms with Crippen LogP contribution in [0.15, 0.2) is 39.3 Å². The second kappa shape index (κ2) is 6.65. The Balaban J connectivity index is 2.07. The molecule has 0 saturated carbocycles. The molecule has 0 unspecified atom stereocenters. The van der Waals surface area contributed by atoms with E-state index in [1.807, 2.05) is 0 Å². The molecular formula is C12H11BrN2O4S2. The lowest BCUT2D eigenvalue weighted by Gasteiger charge is -2.05. The van der Waals surface area contributed by atoms with E-state index in [1.54, 1.807) is 24.5 Å². The van der Waals surface area contributed by atoms with Gasteiger partial charge in [-0.25, -0.2) is 17.9 Å². The minimum absolute atomic E-state index is 0.0311. The zero-order valence-corrected chi connectivity index (χ0v) is 13.8. The number of hydrogen-bond donors (Lipinski definition) is 2. The number of aromatic nitrogens is 1. The van der Waals surface area contributed by atoms with Crippen molar-refractivity contribution in [3.63, 3.8) is 0 Å². The Hall–Kier alpha value is -1.29. The van der Waals surface area contributed by atoms with Crippen LogP contribution >= 0.6 is 27.3 Å². The molecule has 0 atom stereocenters. The molecule has 0 bridgehead atoms. The second-order valence-electron chi connectivity index (χ2n) is 4.06. The number of sulfonamides is 1. The van der Waals surface area contributed by atoms with Gasteiger partial charge in [-0.15, -0.1) is 11.3 Å². The van der Waals surface area contributed by atoms with Crippen molar-refractivity contribution in [2.75, 3.05) is 6.54 Å². The fraction of sp³-hybridized carbons (Fsp3) is 0.167. The maximum Gasteiger partial charge on any atom is 0.345 e. The molecule has 6 nitrogen and oxygen atoms in total. The van der Waals surface area contributed by atoms with Gasteiger partial charge in [0, 0.05) is 18.9 Å². The molecule has 0 radical (unpaired) electrons. The lowest BCUT2D eigenvalue weighted by molar-refractivity contribution is 0.0702. The van der Waals surface area contributed by atoms with Gasteiger partial charge in [-0.1, -0.05) is 0 Å². The summed E-state index contributed by atoms with van der Waals surface area (Å²) in [5.74, 6) is -1.15. The highest BCUT2D eigenvalue weighted by Gasteiger charge is 2.22. The van der Waals surface area contributed by atoms with Crippen molar-refractivity contribution in [3.8, 4) is 0 Å². The molecule has 112 valence electrons. The molecule has 9 heteroatoms. The highest BCUT2D eigenvalue weighted by Crippen LogP contribution is 2.31.